The Morgan fingerprint density at radius 1 is 1.09 bits per heavy atom. The topological polar surface area (TPSA) is 78.6 Å². The molecule has 22 heavy (non-hydrogen) atoms. The van der Waals surface area contributed by atoms with Gasteiger partial charge in [-0.1, -0.05) is 28.1 Å². The van der Waals surface area contributed by atoms with Gasteiger partial charge in [-0.2, -0.15) is 0 Å². The highest BCUT2D eigenvalue weighted by molar-refractivity contribution is 9.10. The number of halogens is 1. The zero-order valence-electron chi connectivity index (χ0n) is 11.6. The van der Waals surface area contributed by atoms with E-state index >= 15 is 0 Å². The normalized spacial score (nSPS) is 10.0. The van der Waals surface area contributed by atoms with E-state index in [2.05, 4.69) is 15.9 Å². The molecule has 0 aliphatic carbocycles. The van der Waals surface area contributed by atoms with Crippen LogP contribution in [0.2, 0.25) is 0 Å². The van der Waals surface area contributed by atoms with Gasteiger partial charge in [0.2, 0.25) is 5.91 Å². The molecule has 0 radical (unpaired) electrons. The predicted octanol–water partition coefficient (Wildman–Crippen LogP) is 2.67. The third-order valence-electron chi connectivity index (χ3n) is 2.78. The smallest absolute Gasteiger partial charge is 0.344 e. The summed E-state index contributed by atoms with van der Waals surface area (Å²) in [5, 5.41) is 0. The van der Waals surface area contributed by atoms with Gasteiger partial charge in [0.05, 0.1) is 0 Å². The Balaban J connectivity index is 1.81. The number of amides is 1. The number of benzene rings is 2. The van der Waals surface area contributed by atoms with Crippen molar-refractivity contribution in [1.82, 2.24) is 0 Å². The van der Waals surface area contributed by atoms with Gasteiger partial charge in [0, 0.05) is 10.0 Å². The fourth-order valence-electron chi connectivity index (χ4n) is 1.69. The Kier molecular flexibility index (Phi) is 5.55. The summed E-state index contributed by atoms with van der Waals surface area (Å²) in [6.45, 7) is -0.124. The summed E-state index contributed by atoms with van der Waals surface area (Å²) in [6.07, 6.45) is 0. The summed E-state index contributed by atoms with van der Waals surface area (Å²) in [4.78, 5) is 22.7. The number of hydrogen-bond donors (Lipinski definition) is 1. The molecule has 2 aromatic rings. The van der Waals surface area contributed by atoms with Gasteiger partial charge in [-0.25, -0.2) is 4.79 Å². The van der Waals surface area contributed by atoms with Gasteiger partial charge in [0.15, 0.2) is 6.61 Å². The van der Waals surface area contributed by atoms with E-state index in [0.717, 1.165) is 4.47 Å². The van der Waals surface area contributed by atoms with Crippen LogP contribution in [0.1, 0.15) is 15.9 Å². The van der Waals surface area contributed by atoms with Crippen molar-refractivity contribution < 1.29 is 19.1 Å². The Morgan fingerprint density at radius 2 is 1.82 bits per heavy atom. The monoisotopic (exact) mass is 363 g/mol. The molecule has 0 saturated carbocycles. The van der Waals surface area contributed by atoms with E-state index in [1.54, 1.807) is 36.4 Å². The van der Waals surface area contributed by atoms with E-state index in [0.29, 0.717) is 16.9 Å². The quantitative estimate of drug-likeness (QED) is 0.800. The van der Waals surface area contributed by atoms with E-state index in [-0.39, 0.29) is 13.2 Å². The van der Waals surface area contributed by atoms with Gasteiger partial charge in [-0.05, 0) is 42.0 Å². The molecule has 6 heteroatoms. The molecule has 0 atom stereocenters. The summed E-state index contributed by atoms with van der Waals surface area (Å²) in [5.41, 5.74) is 6.25. The molecule has 0 aliphatic rings. The molecule has 0 saturated heterocycles. The summed E-state index contributed by atoms with van der Waals surface area (Å²) in [7, 11) is 0. The molecule has 1 amide bonds. The van der Waals surface area contributed by atoms with Crippen LogP contribution >= 0.6 is 15.9 Å². The second kappa shape index (κ2) is 7.61. The molecule has 0 unspecified atom stereocenters. The van der Waals surface area contributed by atoms with Gasteiger partial charge in [0.1, 0.15) is 12.4 Å². The molecular formula is C16H14BrNO4. The zero-order chi connectivity index (χ0) is 15.9. The number of carbonyl (C=O) groups excluding carboxylic acids is 2. The van der Waals surface area contributed by atoms with Crippen molar-refractivity contribution in [2.75, 3.05) is 6.61 Å². The van der Waals surface area contributed by atoms with Crippen LogP contribution in [0.3, 0.4) is 0 Å². The van der Waals surface area contributed by atoms with Gasteiger partial charge in [0.25, 0.3) is 0 Å². The molecule has 5 nitrogen and oxygen atoms in total. The Labute approximate surface area is 136 Å². The molecule has 0 heterocycles. The lowest BCUT2D eigenvalue weighted by molar-refractivity contribution is -0.147. The Morgan fingerprint density at radius 3 is 2.50 bits per heavy atom. The maximum absolute atomic E-state index is 11.6. The maximum Gasteiger partial charge on any atom is 0.344 e. The van der Waals surface area contributed by atoms with Crippen LogP contribution in [-0.2, 0) is 16.1 Å². The first-order valence-electron chi connectivity index (χ1n) is 6.47. The summed E-state index contributed by atoms with van der Waals surface area (Å²) in [5.74, 6) is -0.435. The largest absolute Gasteiger partial charge is 0.482 e. The summed E-state index contributed by atoms with van der Waals surface area (Å²) >= 11 is 3.31. The average molecular weight is 364 g/mol. The van der Waals surface area contributed by atoms with Crippen molar-refractivity contribution in [3.8, 4) is 5.75 Å². The third kappa shape index (κ3) is 4.89. The van der Waals surface area contributed by atoms with Crippen molar-refractivity contribution in [1.29, 1.82) is 0 Å². The highest BCUT2D eigenvalue weighted by Gasteiger charge is 2.06. The lowest BCUT2D eigenvalue weighted by Gasteiger charge is -2.08. The number of esters is 1. The van der Waals surface area contributed by atoms with Crippen LogP contribution in [0.15, 0.2) is 53.0 Å². The molecule has 2 rings (SSSR count). The van der Waals surface area contributed by atoms with Crippen LogP contribution in [-0.4, -0.2) is 18.5 Å². The van der Waals surface area contributed by atoms with Gasteiger partial charge in [-0.3, -0.25) is 4.79 Å². The van der Waals surface area contributed by atoms with Gasteiger partial charge >= 0.3 is 5.97 Å². The number of ether oxygens (including phenoxy) is 2. The molecule has 0 aromatic heterocycles. The molecule has 0 fully saturated rings. The zero-order valence-corrected chi connectivity index (χ0v) is 13.2. The van der Waals surface area contributed by atoms with Crippen LogP contribution < -0.4 is 10.5 Å². The highest BCUT2D eigenvalue weighted by Crippen LogP contribution is 2.16. The minimum atomic E-state index is -0.522. The number of hydrogen-bond acceptors (Lipinski definition) is 4. The molecule has 0 aliphatic heterocycles. The van der Waals surface area contributed by atoms with Crippen molar-refractivity contribution in [3.05, 3.63) is 64.1 Å². The van der Waals surface area contributed by atoms with Crippen molar-refractivity contribution >= 4 is 27.8 Å². The summed E-state index contributed by atoms with van der Waals surface area (Å²) < 4.78 is 11.3. The van der Waals surface area contributed by atoms with E-state index in [9.17, 15) is 9.59 Å². The lowest BCUT2D eigenvalue weighted by atomic mass is 10.1. The van der Waals surface area contributed by atoms with Crippen molar-refractivity contribution in [2.24, 2.45) is 5.73 Å². The van der Waals surface area contributed by atoms with Crippen molar-refractivity contribution in [3.63, 3.8) is 0 Å². The predicted molar refractivity (Wildman–Crippen MR) is 84.4 cm³/mol. The van der Waals surface area contributed by atoms with E-state index < -0.39 is 11.9 Å². The highest BCUT2D eigenvalue weighted by atomic mass is 79.9. The number of carbonyl (C=O) groups is 2. The third-order valence-corrected chi connectivity index (χ3v) is 3.31. The first-order valence-corrected chi connectivity index (χ1v) is 7.26. The Hall–Kier alpha value is -2.34. The molecular weight excluding hydrogens is 350 g/mol. The molecule has 0 spiro atoms. The number of rotatable bonds is 6. The van der Waals surface area contributed by atoms with E-state index in [1.165, 1.54) is 0 Å². The second-order valence-electron chi connectivity index (χ2n) is 4.47. The van der Waals surface area contributed by atoms with Crippen LogP contribution in [0.5, 0.6) is 5.75 Å². The summed E-state index contributed by atoms with van der Waals surface area (Å²) in [6, 6.07) is 13.7. The molecule has 2 aromatic carbocycles. The minimum absolute atomic E-state index is 0.0592. The SMILES string of the molecule is NC(=O)c1cccc(COC(=O)COc2ccc(Br)cc2)c1. The molecule has 0 bridgehead atoms. The fourth-order valence-corrected chi connectivity index (χ4v) is 1.96. The van der Waals surface area contributed by atoms with Crippen LogP contribution in [0.25, 0.3) is 0 Å². The molecule has 114 valence electrons. The van der Waals surface area contributed by atoms with Gasteiger partial charge < -0.3 is 15.2 Å². The first kappa shape index (κ1) is 16.0. The maximum atomic E-state index is 11.6. The number of nitrogens with two attached hydrogens (primary N) is 1. The van der Waals surface area contributed by atoms with Gasteiger partial charge in [-0.15, -0.1) is 0 Å². The molecule has 2 N–H and O–H groups in total. The van der Waals surface area contributed by atoms with E-state index in [1.807, 2.05) is 12.1 Å². The number of primary amides is 1. The minimum Gasteiger partial charge on any atom is -0.482 e. The average Bonchev–Trinajstić information content (AvgIpc) is 2.52. The Bertz CT molecular complexity index is 670. The van der Waals surface area contributed by atoms with E-state index in [4.69, 9.17) is 15.2 Å². The van der Waals surface area contributed by atoms with Crippen LogP contribution in [0.4, 0.5) is 0 Å². The lowest BCUT2D eigenvalue weighted by Crippen LogP contribution is -2.15. The standard InChI is InChI=1S/C16H14BrNO4/c17-13-4-6-14(7-5-13)21-10-15(19)22-9-11-2-1-3-12(8-11)16(18)20/h1-8H,9-10H2,(H2,18,20). The second-order valence-corrected chi connectivity index (χ2v) is 5.38. The van der Waals surface area contributed by atoms with Crippen molar-refractivity contribution in [2.45, 2.75) is 6.61 Å². The first-order chi connectivity index (χ1) is 10.5. The van der Waals surface area contributed by atoms with Crippen LogP contribution in [0, 0.1) is 0 Å². The fraction of sp³-hybridized carbons (Fsp3) is 0.125.